The summed E-state index contributed by atoms with van der Waals surface area (Å²) in [7, 11) is 2.16. The first-order valence-electron chi connectivity index (χ1n) is 9.73. The molecule has 2 unspecified atom stereocenters. The summed E-state index contributed by atoms with van der Waals surface area (Å²) in [5.74, 6) is 0.104. The Morgan fingerprint density at radius 2 is 1.85 bits per heavy atom. The zero-order valence-electron chi connectivity index (χ0n) is 15.7. The molecule has 0 spiro atoms. The van der Waals surface area contributed by atoms with E-state index in [2.05, 4.69) is 35.6 Å². The van der Waals surface area contributed by atoms with Crippen molar-refractivity contribution in [1.29, 1.82) is 0 Å². The molecule has 0 radical (unpaired) electrons. The Morgan fingerprint density at radius 1 is 1.07 bits per heavy atom. The molecule has 2 atom stereocenters. The van der Waals surface area contributed by atoms with Crippen molar-refractivity contribution in [3.05, 3.63) is 70.2 Å². The van der Waals surface area contributed by atoms with Gasteiger partial charge in [0.05, 0.1) is 6.04 Å². The molecule has 27 heavy (non-hydrogen) atoms. The van der Waals surface area contributed by atoms with Crippen LogP contribution >= 0.6 is 11.6 Å². The second kappa shape index (κ2) is 8.01. The van der Waals surface area contributed by atoms with Gasteiger partial charge in [-0.1, -0.05) is 41.9 Å². The molecule has 2 aliphatic heterocycles. The highest BCUT2D eigenvalue weighted by Crippen LogP contribution is 2.30. The average Bonchev–Trinajstić information content (AvgIpc) is 2.90. The fourth-order valence-corrected chi connectivity index (χ4v) is 4.31. The molecule has 142 valence electrons. The molecule has 0 saturated carbocycles. The van der Waals surface area contributed by atoms with Crippen molar-refractivity contribution in [2.24, 2.45) is 0 Å². The second-order valence-corrected chi connectivity index (χ2v) is 8.10. The first-order valence-corrected chi connectivity index (χ1v) is 10.1. The van der Waals surface area contributed by atoms with E-state index < -0.39 is 0 Å². The Balaban J connectivity index is 1.61. The average molecular weight is 384 g/mol. The smallest absolute Gasteiger partial charge is 0.268 e. The molecule has 2 heterocycles. The van der Waals surface area contributed by atoms with Crippen molar-refractivity contribution >= 4 is 17.5 Å². The van der Waals surface area contributed by atoms with Crippen LogP contribution in [0.15, 0.2) is 48.5 Å². The molecule has 0 aromatic heterocycles. The van der Waals surface area contributed by atoms with Crippen molar-refractivity contribution in [2.45, 2.75) is 37.8 Å². The standard InChI is InChI=1S/C22H26ClN3O/c1-25-13-4-5-18(12-14-25)26-22(27)20-7-3-2-6-19(20)21(24-26)15-16-8-10-17(23)11-9-16/h2-3,6-11,18,21,24H,4-5,12-15H2,1H3. The summed E-state index contributed by atoms with van der Waals surface area (Å²) in [6, 6.07) is 16.3. The third kappa shape index (κ3) is 4.03. The molecular weight excluding hydrogens is 358 g/mol. The Hall–Kier alpha value is -1.88. The molecule has 0 bridgehead atoms. The first-order chi connectivity index (χ1) is 13.1. The number of halogens is 1. The third-order valence-electron chi connectivity index (χ3n) is 5.72. The van der Waals surface area contributed by atoms with Crippen LogP contribution in [0.5, 0.6) is 0 Å². The number of nitrogens with zero attached hydrogens (tertiary/aromatic N) is 2. The fraction of sp³-hybridized carbons (Fsp3) is 0.409. The van der Waals surface area contributed by atoms with Gasteiger partial charge in [0.15, 0.2) is 0 Å². The zero-order valence-corrected chi connectivity index (χ0v) is 16.5. The minimum atomic E-state index is 0.0843. The molecule has 1 N–H and O–H groups in total. The lowest BCUT2D eigenvalue weighted by molar-refractivity contribution is 0.0410. The van der Waals surface area contributed by atoms with Crippen LogP contribution in [0.25, 0.3) is 0 Å². The Kier molecular flexibility index (Phi) is 5.48. The molecule has 4 rings (SSSR count). The summed E-state index contributed by atoms with van der Waals surface area (Å²) in [4.78, 5) is 15.5. The number of hydrogen-bond donors (Lipinski definition) is 1. The van der Waals surface area contributed by atoms with Crippen LogP contribution in [0.4, 0.5) is 0 Å². The molecule has 2 aromatic rings. The van der Waals surface area contributed by atoms with E-state index in [-0.39, 0.29) is 18.0 Å². The lowest BCUT2D eigenvalue weighted by atomic mass is 9.92. The van der Waals surface area contributed by atoms with Crippen LogP contribution in [0, 0.1) is 0 Å². The number of benzene rings is 2. The molecule has 0 aliphatic carbocycles. The minimum absolute atomic E-state index is 0.0843. The van der Waals surface area contributed by atoms with Crippen molar-refractivity contribution in [3.63, 3.8) is 0 Å². The number of hydrogen-bond acceptors (Lipinski definition) is 3. The molecular formula is C22H26ClN3O. The van der Waals surface area contributed by atoms with Gasteiger partial charge in [0.2, 0.25) is 0 Å². The largest absolute Gasteiger partial charge is 0.306 e. The van der Waals surface area contributed by atoms with Gasteiger partial charge in [0.25, 0.3) is 5.91 Å². The summed E-state index contributed by atoms with van der Waals surface area (Å²) in [5.41, 5.74) is 6.69. The number of carbonyl (C=O) groups excluding carboxylic acids is 1. The predicted molar refractivity (Wildman–Crippen MR) is 109 cm³/mol. The topological polar surface area (TPSA) is 35.6 Å². The van der Waals surface area contributed by atoms with E-state index in [1.165, 1.54) is 5.56 Å². The van der Waals surface area contributed by atoms with Gasteiger partial charge in [-0.05, 0) is 75.1 Å². The number of likely N-dealkylation sites (tertiary alicyclic amines) is 1. The number of nitrogens with one attached hydrogen (secondary N) is 1. The lowest BCUT2D eigenvalue weighted by Gasteiger charge is -2.40. The Morgan fingerprint density at radius 3 is 2.67 bits per heavy atom. The van der Waals surface area contributed by atoms with Crippen LogP contribution in [0.1, 0.15) is 46.8 Å². The van der Waals surface area contributed by atoms with E-state index in [9.17, 15) is 4.79 Å². The molecule has 1 saturated heterocycles. The van der Waals surface area contributed by atoms with E-state index in [1.54, 1.807) is 0 Å². The quantitative estimate of drug-likeness (QED) is 0.867. The fourth-order valence-electron chi connectivity index (χ4n) is 4.19. The van der Waals surface area contributed by atoms with Crippen LogP contribution in [0.3, 0.4) is 0 Å². The van der Waals surface area contributed by atoms with Gasteiger partial charge in [-0.25, -0.2) is 5.43 Å². The first kappa shape index (κ1) is 18.5. The summed E-state index contributed by atoms with van der Waals surface area (Å²) < 4.78 is 0. The maximum atomic E-state index is 13.2. The number of amides is 1. The molecule has 4 nitrogen and oxygen atoms in total. The molecule has 1 amide bonds. The van der Waals surface area contributed by atoms with E-state index in [0.29, 0.717) is 0 Å². The lowest BCUT2D eigenvalue weighted by Crippen LogP contribution is -2.54. The van der Waals surface area contributed by atoms with Crippen LogP contribution < -0.4 is 5.43 Å². The van der Waals surface area contributed by atoms with Crippen molar-refractivity contribution in [3.8, 4) is 0 Å². The van der Waals surface area contributed by atoms with E-state index in [4.69, 9.17) is 11.6 Å². The maximum absolute atomic E-state index is 13.2. The third-order valence-corrected chi connectivity index (χ3v) is 5.97. The van der Waals surface area contributed by atoms with Gasteiger partial charge < -0.3 is 4.90 Å². The minimum Gasteiger partial charge on any atom is -0.306 e. The highest BCUT2D eigenvalue weighted by molar-refractivity contribution is 6.30. The summed E-state index contributed by atoms with van der Waals surface area (Å²) in [5, 5.41) is 2.66. The maximum Gasteiger partial charge on any atom is 0.268 e. The summed E-state index contributed by atoms with van der Waals surface area (Å²) in [6.45, 7) is 2.13. The molecule has 2 aromatic carbocycles. The zero-order chi connectivity index (χ0) is 18.8. The van der Waals surface area contributed by atoms with E-state index in [0.717, 1.165) is 54.9 Å². The summed E-state index contributed by atoms with van der Waals surface area (Å²) >= 11 is 6.03. The number of hydrazine groups is 1. The van der Waals surface area contributed by atoms with E-state index in [1.807, 2.05) is 35.3 Å². The van der Waals surface area contributed by atoms with Gasteiger partial charge in [-0.3, -0.25) is 9.80 Å². The monoisotopic (exact) mass is 383 g/mol. The van der Waals surface area contributed by atoms with Crippen LogP contribution in [0.2, 0.25) is 5.02 Å². The highest BCUT2D eigenvalue weighted by atomic mass is 35.5. The predicted octanol–water partition coefficient (Wildman–Crippen LogP) is 4.07. The summed E-state index contributed by atoms with van der Waals surface area (Å²) in [6.07, 6.45) is 3.99. The molecule has 1 fully saturated rings. The van der Waals surface area contributed by atoms with Crippen LogP contribution in [-0.4, -0.2) is 42.0 Å². The number of rotatable bonds is 3. The normalized spacial score (nSPS) is 23.8. The Labute approximate surface area is 166 Å². The molecule has 2 aliphatic rings. The van der Waals surface area contributed by atoms with Gasteiger partial charge in [0, 0.05) is 16.6 Å². The highest BCUT2D eigenvalue weighted by Gasteiger charge is 2.35. The van der Waals surface area contributed by atoms with Gasteiger partial charge in [-0.15, -0.1) is 0 Å². The number of carbonyl (C=O) groups is 1. The van der Waals surface area contributed by atoms with Crippen molar-refractivity contribution < 1.29 is 4.79 Å². The van der Waals surface area contributed by atoms with Gasteiger partial charge in [-0.2, -0.15) is 0 Å². The SMILES string of the molecule is CN1CCCC(N2NC(Cc3ccc(Cl)cc3)c3ccccc3C2=O)CC1. The number of fused-ring (bicyclic) bond motifs is 1. The van der Waals surface area contributed by atoms with Gasteiger partial charge >= 0.3 is 0 Å². The molecule has 5 heteroatoms. The van der Waals surface area contributed by atoms with Crippen molar-refractivity contribution in [1.82, 2.24) is 15.3 Å². The second-order valence-electron chi connectivity index (χ2n) is 7.66. The van der Waals surface area contributed by atoms with Crippen LogP contribution in [-0.2, 0) is 6.42 Å². The van der Waals surface area contributed by atoms with Crippen molar-refractivity contribution in [2.75, 3.05) is 20.1 Å². The van der Waals surface area contributed by atoms with E-state index >= 15 is 0 Å². The Bertz CT molecular complexity index is 807. The van der Waals surface area contributed by atoms with Gasteiger partial charge in [0.1, 0.15) is 0 Å².